The van der Waals surface area contributed by atoms with Crippen LogP contribution in [0.15, 0.2) is 17.5 Å². The quantitative estimate of drug-likeness (QED) is 0.632. The first-order valence-electron chi connectivity index (χ1n) is 6.02. The van der Waals surface area contributed by atoms with Gasteiger partial charge in [0.15, 0.2) is 0 Å². The number of hydrogen-bond donors (Lipinski definition) is 3. The first kappa shape index (κ1) is 16.8. The first-order valence-corrected chi connectivity index (χ1v) is 8.38. The second-order valence-corrected chi connectivity index (χ2v) is 7.12. The molecule has 1 heterocycles. The maximum atomic E-state index is 11.7. The fourth-order valence-corrected chi connectivity index (χ4v) is 3.18. The van der Waals surface area contributed by atoms with Gasteiger partial charge in [0.25, 0.3) is 10.2 Å². The lowest BCUT2D eigenvalue weighted by Gasteiger charge is -2.09. The van der Waals surface area contributed by atoms with Gasteiger partial charge in [-0.05, 0) is 29.0 Å². The van der Waals surface area contributed by atoms with Crippen LogP contribution in [-0.4, -0.2) is 26.0 Å². The van der Waals surface area contributed by atoms with E-state index >= 15 is 0 Å². The molecule has 0 fully saturated rings. The summed E-state index contributed by atoms with van der Waals surface area (Å²) in [5, 5.41) is 10.4. The molecule has 0 aliphatic carbocycles. The fourth-order valence-electron chi connectivity index (χ4n) is 1.29. The number of nitrogens with one attached hydrogen (secondary N) is 2. The Morgan fingerprint density at radius 2 is 2.15 bits per heavy atom. The third-order valence-electron chi connectivity index (χ3n) is 2.29. The molecule has 3 N–H and O–H groups in total. The summed E-state index contributed by atoms with van der Waals surface area (Å²) in [5.41, 5.74) is 0.698. The van der Waals surface area contributed by atoms with E-state index in [2.05, 4.69) is 9.44 Å². The summed E-state index contributed by atoms with van der Waals surface area (Å²) in [6.45, 7) is 4.32. The first-order chi connectivity index (χ1) is 9.30. The van der Waals surface area contributed by atoms with Crippen LogP contribution in [0.1, 0.15) is 24.3 Å². The average Bonchev–Trinajstić information content (AvgIpc) is 2.79. The van der Waals surface area contributed by atoms with Crippen molar-refractivity contribution in [2.24, 2.45) is 5.92 Å². The van der Waals surface area contributed by atoms with E-state index in [1.165, 1.54) is 17.4 Å². The van der Waals surface area contributed by atoms with E-state index < -0.39 is 16.2 Å². The predicted octanol–water partition coefficient (Wildman–Crippen LogP) is 1.43. The van der Waals surface area contributed by atoms with Gasteiger partial charge in [0.1, 0.15) is 0 Å². The molecule has 0 unspecified atom stereocenters. The Morgan fingerprint density at radius 1 is 1.45 bits per heavy atom. The molecule has 1 aromatic heterocycles. The van der Waals surface area contributed by atoms with E-state index in [1.807, 2.05) is 13.8 Å². The van der Waals surface area contributed by atoms with Crippen LogP contribution in [0.5, 0.6) is 0 Å². The highest BCUT2D eigenvalue weighted by Gasteiger charge is 2.11. The third kappa shape index (κ3) is 6.29. The lowest BCUT2D eigenvalue weighted by molar-refractivity contribution is -0.131. The zero-order valence-corrected chi connectivity index (χ0v) is 12.9. The van der Waals surface area contributed by atoms with Crippen molar-refractivity contribution in [1.29, 1.82) is 0 Å². The van der Waals surface area contributed by atoms with Crippen LogP contribution in [0, 0.1) is 5.92 Å². The number of thiophene rings is 1. The van der Waals surface area contributed by atoms with Gasteiger partial charge in [-0.15, -0.1) is 11.3 Å². The summed E-state index contributed by atoms with van der Waals surface area (Å²) in [4.78, 5) is 11.2. The molecule has 0 amide bonds. The number of hydrogen-bond acceptors (Lipinski definition) is 4. The highest BCUT2D eigenvalue weighted by atomic mass is 32.2. The van der Waals surface area contributed by atoms with Crippen LogP contribution < -0.4 is 9.44 Å². The zero-order valence-electron chi connectivity index (χ0n) is 11.3. The minimum Gasteiger partial charge on any atom is -0.478 e. The largest absolute Gasteiger partial charge is 0.478 e. The van der Waals surface area contributed by atoms with Gasteiger partial charge in [0, 0.05) is 24.0 Å². The van der Waals surface area contributed by atoms with Crippen molar-refractivity contribution in [3.8, 4) is 0 Å². The molecule has 0 saturated carbocycles. The normalized spacial score (nSPS) is 12.3. The van der Waals surface area contributed by atoms with Gasteiger partial charge in [0.2, 0.25) is 0 Å². The Labute approximate surface area is 122 Å². The van der Waals surface area contributed by atoms with Crippen LogP contribution >= 0.6 is 11.3 Å². The zero-order chi connectivity index (χ0) is 15.2. The molecule has 0 saturated heterocycles. The maximum Gasteiger partial charge on any atom is 0.328 e. The average molecular weight is 318 g/mol. The molecular formula is C12H18N2O4S2. The number of carboxylic acid groups (broad SMARTS) is 1. The monoisotopic (exact) mass is 318 g/mol. The minimum absolute atomic E-state index is 0.129. The summed E-state index contributed by atoms with van der Waals surface area (Å²) >= 11 is 1.37. The summed E-state index contributed by atoms with van der Waals surface area (Å²) < 4.78 is 28.2. The number of rotatable bonds is 8. The molecule has 20 heavy (non-hydrogen) atoms. The topological polar surface area (TPSA) is 95.5 Å². The van der Waals surface area contributed by atoms with Gasteiger partial charge in [-0.25, -0.2) is 9.52 Å². The standard InChI is InChI=1S/C12H18N2O4S2/c1-9(2)7-13-20(17,18)14-8-11-10(5-6-19-11)3-4-12(15)16/h3-6,9,13-14H,7-8H2,1-2H3,(H,15,16)/b4-3+. The Hall–Kier alpha value is -1.22. The van der Waals surface area contributed by atoms with Crippen molar-refractivity contribution < 1.29 is 18.3 Å². The van der Waals surface area contributed by atoms with E-state index in [-0.39, 0.29) is 12.5 Å². The number of carboxylic acids is 1. The molecule has 6 nitrogen and oxygen atoms in total. The van der Waals surface area contributed by atoms with E-state index in [0.717, 1.165) is 11.0 Å². The lowest BCUT2D eigenvalue weighted by atomic mass is 10.2. The van der Waals surface area contributed by atoms with E-state index in [1.54, 1.807) is 11.4 Å². The van der Waals surface area contributed by atoms with Crippen molar-refractivity contribution in [3.05, 3.63) is 28.0 Å². The number of carbonyl (C=O) groups is 1. The Kier molecular flexibility index (Phi) is 6.34. The number of aliphatic carboxylic acids is 1. The molecule has 8 heteroatoms. The Morgan fingerprint density at radius 3 is 2.75 bits per heavy atom. The van der Waals surface area contributed by atoms with Crippen molar-refractivity contribution in [2.45, 2.75) is 20.4 Å². The summed E-state index contributed by atoms with van der Waals surface area (Å²) in [6, 6.07) is 1.75. The molecule has 0 spiro atoms. The van der Waals surface area contributed by atoms with E-state index in [4.69, 9.17) is 5.11 Å². The van der Waals surface area contributed by atoms with E-state index in [9.17, 15) is 13.2 Å². The van der Waals surface area contributed by atoms with Crippen molar-refractivity contribution in [1.82, 2.24) is 9.44 Å². The second-order valence-electron chi connectivity index (χ2n) is 4.54. The van der Waals surface area contributed by atoms with Gasteiger partial charge in [-0.2, -0.15) is 13.1 Å². The molecule has 112 valence electrons. The molecular weight excluding hydrogens is 300 g/mol. The Balaban J connectivity index is 2.62. The molecule has 1 rings (SSSR count). The minimum atomic E-state index is -3.53. The van der Waals surface area contributed by atoms with Crippen molar-refractivity contribution in [2.75, 3.05) is 6.54 Å². The van der Waals surface area contributed by atoms with Crippen LogP contribution in [0.2, 0.25) is 0 Å². The van der Waals surface area contributed by atoms with Crippen LogP contribution in [0.3, 0.4) is 0 Å². The van der Waals surface area contributed by atoms with Gasteiger partial charge in [0.05, 0.1) is 0 Å². The highest BCUT2D eigenvalue weighted by molar-refractivity contribution is 7.87. The fraction of sp³-hybridized carbons (Fsp3) is 0.417. The summed E-state index contributed by atoms with van der Waals surface area (Å²) in [5.74, 6) is -0.816. The SMILES string of the molecule is CC(C)CNS(=O)(=O)NCc1sccc1/C=C/C(=O)O. The molecule has 0 aromatic carbocycles. The van der Waals surface area contributed by atoms with Crippen LogP contribution in [0.4, 0.5) is 0 Å². The molecule has 0 aliphatic heterocycles. The maximum absolute atomic E-state index is 11.7. The van der Waals surface area contributed by atoms with Gasteiger partial charge < -0.3 is 5.11 Å². The van der Waals surface area contributed by atoms with Crippen LogP contribution in [-0.2, 0) is 21.5 Å². The van der Waals surface area contributed by atoms with Crippen LogP contribution in [0.25, 0.3) is 6.08 Å². The molecule has 0 atom stereocenters. The molecule has 1 aromatic rings. The summed E-state index contributed by atoms with van der Waals surface area (Å²) in [6.07, 6.45) is 2.47. The van der Waals surface area contributed by atoms with E-state index in [0.29, 0.717) is 12.1 Å². The highest BCUT2D eigenvalue weighted by Crippen LogP contribution is 2.18. The van der Waals surface area contributed by atoms with Gasteiger partial charge in [-0.1, -0.05) is 13.8 Å². The smallest absolute Gasteiger partial charge is 0.328 e. The third-order valence-corrected chi connectivity index (χ3v) is 4.30. The van der Waals surface area contributed by atoms with Gasteiger partial charge >= 0.3 is 5.97 Å². The van der Waals surface area contributed by atoms with Gasteiger partial charge in [-0.3, -0.25) is 0 Å². The van der Waals surface area contributed by atoms with Crippen molar-refractivity contribution in [3.63, 3.8) is 0 Å². The molecule has 0 aliphatic rings. The summed E-state index contributed by atoms with van der Waals surface area (Å²) in [7, 11) is -3.53. The Bertz CT molecular complexity index is 576. The molecule has 0 bridgehead atoms. The predicted molar refractivity (Wildman–Crippen MR) is 79.6 cm³/mol. The van der Waals surface area contributed by atoms with Crippen molar-refractivity contribution >= 4 is 33.6 Å². The lowest BCUT2D eigenvalue weighted by Crippen LogP contribution is -2.37. The molecule has 0 radical (unpaired) electrons. The second kappa shape index (κ2) is 7.53.